The van der Waals surface area contributed by atoms with Gasteiger partial charge in [0.2, 0.25) is 5.76 Å². The molecule has 6 nitrogen and oxygen atoms in total. The van der Waals surface area contributed by atoms with Gasteiger partial charge < -0.3 is 14.5 Å². The number of hydrogen-bond acceptors (Lipinski definition) is 5. The lowest BCUT2D eigenvalue weighted by Gasteiger charge is -2.44. The minimum atomic E-state index is -1.04. The van der Waals surface area contributed by atoms with Crippen molar-refractivity contribution >= 4 is 5.91 Å². The molecule has 4 rings (SSSR count). The van der Waals surface area contributed by atoms with E-state index in [1.54, 1.807) is 30.3 Å². The molecule has 1 saturated heterocycles. The summed E-state index contributed by atoms with van der Waals surface area (Å²) in [5.74, 6) is -1.02. The number of amides is 1. The molecule has 1 fully saturated rings. The highest BCUT2D eigenvalue weighted by Gasteiger charge is 2.40. The molecule has 0 bridgehead atoms. The molecular formula is C24H25F2N3O3. The monoisotopic (exact) mass is 441 g/mol. The molecule has 0 saturated carbocycles. The van der Waals surface area contributed by atoms with Crippen molar-refractivity contribution in [3.63, 3.8) is 0 Å². The van der Waals surface area contributed by atoms with Crippen LogP contribution in [0.5, 0.6) is 0 Å². The molecule has 1 aliphatic heterocycles. The molecule has 8 heteroatoms. The van der Waals surface area contributed by atoms with Gasteiger partial charge >= 0.3 is 0 Å². The Morgan fingerprint density at radius 3 is 2.62 bits per heavy atom. The van der Waals surface area contributed by atoms with E-state index in [0.29, 0.717) is 23.2 Å². The molecule has 1 aromatic heterocycles. The second-order valence-electron chi connectivity index (χ2n) is 8.42. The zero-order chi connectivity index (χ0) is 22.8. The maximum Gasteiger partial charge on any atom is 0.292 e. The maximum atomic E-state index is 14.4. The second-order valence-corrected chi connectivity index (χ2v) is 8.42. The third-order valence-electron chi connectivity index (χ3n) is 5.63. The van der Waals surface area contributed by atoms with Gasteiger partial charge in [-0.25, -0.2) is 8.78 Å². The maximum absolute atomic E-state index is 14.4. The number of rotatable bonds is 5. The van der Waals surface area contributed by atoms with Crippen LogP contribution in [0.1, 0.15) is 42.4 Å². The van der Waals surface area contributed by atoms with Crippen LogP contribution in [0.15, 0.2) is 59.1 Å². The minimum Gasteiger partial charge on any atom is -0.376 e. The number of halogens is 2. The van der Waals surface area contributed by atoms with Crippen molar-refractivity contribution in [2.75, 3.05) is 6.54 Å². The molecule has 0 radical (unpaired) electrons. The van der Waals surface area contributed by atoms with E-state index < -0.39 is 30.0 Å². The summed E-state index contributed by atoms with van der Waals surface area (Å²) in [6, 6.07) is 12.4. The predicted octanol–water partition coefficient (Wildman–Crippen LogP) is 4.14. The van der Waals surface area contributed by atoms with Gasteiger partial charge in [-0.05, 0) is 42.7 Å². The van der Waals surface area contributed by atoms with Crippen LogP contribution in [0.2, 0.25) is 0 Å². The quantitative estimate of drug-likeness (QED) is 0.622. The van der Waals surface area contributed by atoms with E-state index in [0.717, 1.165) is 0 Å². The van der Waals surface area contributed by atoms with E-state index >= 15 is 0 Å². The Balaban J connectivity index is 1.63. The summed E-state index contributed by atoms with van der Waals surface area (Å²) in [6.07, 6.45) is -0.498. The number of nitrogens with one attached hydrogen (secondary N) is 1. The normalized spacial score (nSPS) is 21.2. The van der Waals surface area contributed by atoms with E-state index in [2.05, 4.69) is 10.5 Å². The fraction of sp³-hybridized carbons (Fsp3) is 0.333. The first-order valence-electron chi connectivity index (χ1n) is 10.6. The zero-order valence-corrected chi connectivity index (χ0v) is 17.8. The SMILES string of the molecule is CC(C)CC1C(O)NC(c2ccccc2F)CN1C(=O)c1cc(-c2ccc(F)cc2)no1. The van der Waals surface area contributed by atoms with Crippen molar-refractivity contribution in [2.24, 2.45) is 5.92 Å². The van der Waals surface area contributed by atoms with E-state index in [4.69, 9.17) is 4.52 Å². The lowest BCUT2D eigenvalue weighted by molar-refractivity contribution is -0.0242. The summed E-state index contributed by atoms with van der Waals surface area (Å²) in [5, 5.41) is 17.8. The van der Waals surface area contributed by atoms with Crippen LogP contribution < -0.4 is 5.32 Å². The first kappa shape index (κ1) is 22.1. The molecule has 0 spiro atoms. The Bertz CT molecular complexity index is 1080. The van der Waals surface area contributed by atoms with E-state index in [1.807, 2.05) is 13.8 Å². The van der Waals surface area contributed by atoms with Crippen LogP contribution in [0.3, 0.4) is 0 Å². The van der Waals surface area contributed by atoms with Gasteiger partial charge in [0.1, 0.15) is 23.6 Å². The third kappa shape index (κ3) is 4.56. The fourth-order valence-corrected chi connectivity index (χ4v) is 4.07. The molecule has 2 heterocycles. The Hall–Kier alpha value is -3.10. The number of aromatic nitrogens is 1. The first-order valence-corrected chi connectivity index (χ1v) is 10.6. The molecule has 32 heavy (non-hydrogen) atoms. The van der Waals surface area contributed by atoms with Gasteiger partial charge in [0.25, 0.3) is 5.91 Å². The number of piperazine rings is 1. The topological polar surface area (TPSA) is 78.6 Å². The largest absolute Gasteiger partial charge is 0.376 e. The van der Waals surface area contributed by atoms with Crippen LogP contribution in [0, 0.1) is 17.6 Å². The summed E-state index contributed by atoms with van der Waals surface area (Å²) >= 11 is 0. The van der Waals surface area contributed by atoms with Crippen LogP contribution in [-0.2, 0) is 0 Å². The number of nitrogens with zero attached hydrogens (tertiary/aromatic N) is 2. The Kier molecular flexibility index (Phi) is 6.34. The Morgan fingerprint density at radius 1 is 1.22 bits per heavy atom. The van der Waals surface area contributed by atoms with Crippen LogP contribution in [0.25, 0.3) is 11.3 Å². The molecule has 3 unspecified atom stereocenters. The number of hydrogen-bond donors (Lipinski definition) is 2. The highest BCUT2D eigenvalue weighted by atomic mass is 19.1. The summed E-state index contributed by atoms with van der Waals surface area (Å²) in [4.78, 5) is 14.9. The van der Waals surface area contributed by atoms with Crippen LogP contribution in [-0.4, -0.2) is 39.9 Å². The smallest absolute Gasteiger partial charge is 0.292 e. The number of benzene rings is 2. The van der Waals surface area contributed by atoms with Gasteiger partial charge in [-0.2, -0.15) is 0 Å². The van der Waals surface area contributed by atoms with Crippen LogP contribution in [0.4, 0.5) is 8.78 Å². The molecule has 2 aromatic carbocycles. The van der Waals surface area contributed by atoms with Gasteiger partial charge in [-0.15, -0.1) is 0 Å². The Labute approximate surface area is 184 Å². The zero-order valence-electron chi connectivity index (χ0n) is 17.8. The number of aliphatic hydroxyl groups excluding tert-OH is 1. The Morgan fingerprint density at radius 2 is 1.94 bits per heavy atom. The standard InChI is InChI=1S/C24H25F2N3O3/c1-14(2)11-21-23(30)27-20(17-5-3-4-6-18(17)26)13-29(21)24(31)22-12-19(28-32-22)15-7-9-16(25)10-8-15/h3-10,12,14,20-21,23,27,30H,11,13H2,1-2H3. The molecule has 3 atom stereocenters. The van der Waals surface area contributed by atoms with Crippen molar-refractivity contribution < 1.29 is 23.2 Å². The van der Waals surface area contributed by atoms with Crippen molar-refractivity contribution in [3.8, 4) is 11.3 Å². The van der Waals surface area contributed by atoms with E-state index in [-0.39, 0.29) is 24.0 Å². The predicted molar refractivity (Wildman–Crippen MR) is 114 cm³/mol. The molecular weight excluding hydrogens is 416 g/mol. The van der Waals surface area contributed by atoms with Crippen LogP contribution >= 0.6 is 0 Å². The minimum absolute atomic E-state index is 0.000496. The van der Waals surface area contributed by atoms with E-state index in [9.17, 15) is 18.7 Å². The lowest BCUT2D eigenvalue weighted by Crippen LogP contribution is -2.61. The van der Waals surface area contributed by atoms with Gasteiger partial charge in [-0.1, -0.05) is 37.2 Å². The first-order chi connectivity index (χ1) is 15.3. The lowest BCUT2D eigenvalue weighted by atomic mass is 9.94. The van der Waals surface area contributed by atoms with Gasteiger partial charge in [0, 0.05) is 23.7 Å². The van der Waals surface area contributed by atoms with Crippen molar-refractivity contribution in [2.45, 2.75) is 38.6 Å². The van der Waals surface area contributed by atoms with Crippen molar-refractivity contribution in [1.82, 2.24) is 15.4 Å². The highest BCUT2D eigenvalue weighted by molar-refractivity contribution is 5.92. The summed E-state index contributed by atoms with van der Waals surface area (Å²) in [5.41, 5.74) is 1.38. The number of carbonyl (C=O) groups is 1. The summed E-state index contributed by atoms with van der Waals surface area (Å²) < 4.78 is 32.9. The summed E-state index contributed by atoms with van der Waals surface area (Å²) in [6.45, 7) is 4.15. The molecule has 168 valence electrons. The molecule has 0 aliphatic carbocycles. The van der Waals surface area contributed by atoms with Gasteiger partial charge in [-0.3, -0.25) is 10.1 Å². The molecule has 2 N–H and O–H groups in total. The summed E-state index contributed by atoms with van der Waals surface area (Å²) in [7, 11) is 0. The molecule has 1 amide bonds. The number of aliphatic hydroxyl groups is 1. The highest BCUT2D eigenvalue weighted by Crippen LogP contribution is 2.29. The second kappa shape index (κ2) is 9.18. The van der Waals surface area contributed by atoms with E-state index in [1.165, 1.54) is 29.2 Å². The average Bonchev–Trinajstić information content (AvgIpc) is 3.25. The van der Waals surface area contributed by atoms with Gasteiger partial charge in [0.05, 0.1) is 12.1 Å². The fourth-order valence-electron chi connectivity index (χ4n) is 4.07. The van der Waals surface area contributed by atoms with Gasteiger partial charge in [0.15, 0.2) is 0 Å². The average molecular weight is 441 g/mol. The van der Waals surface area contributed by atoms with Crippen molar-refractivity contribution in [3.05, 3.63) is 77.6 Å². The molecule has 3 aromatic rings. The van der Waals surface area contributed by atoms with Crippen molar-refractivity contribution in [1.29, 1.82) is 0 Å². The third-order valence-corrected chi connectivity index (χ3v) is 5.63. The molecule has 1 aliphatic rings. The number of carbonyl (C=O) groups excluding carboxylic acids is 1.